The Labute approximate surface area is 254 Å². The van der Waals surface area contributed by atoms with Crippen LogP contribution >= 0.6 is 0 Å². The van der Waals surface area contributed by atoms with Crippen molar-refractivity contribution in [2.45, 2.75) is 9.79 Å². The molecule has 0 aliphatic rings. The van der Waals surface area contributed by atoms with Crippen molar-refractivity contribution in [2.24, 2.45) is 0 Å². The van der Waals surface area contributed by atoms with E-state index in [1.165, 1.54) is 0 Å². The smallest absolute Gasteiger partial charge is 0.780 e. The minimum absolute atomic E-state index is 0. The number of nitrogens with zero attached hydrogens (tertiary/aromatic N) is 4. The van der Waals surface area contributed by atoms with E-state index in [1.807, 2.05) is 133 Å². The van der Waals surface area contributed by atoms with Gasteiger partial charge in [0.2, 0.25) is 0 Å². The van der Waals surface area contributed by atoms with E-state index in [4.69, 9.17) is 25.3 Å². The summed E-state index contributed by atoms with van der Waals surface area (Å²) in [4.78, 5) is 18.6. The van der Waals surface area contributed by atoms with Gasteiger partial charge in [0, 0.05) is 24.8 Å². The van der Waals surface area contributed by atoms with Crippen molar-refractivity contribution in [1.82, 2.24) is 19.9 Å². The van der Waals surface area contributed by atoms with E-state index in [0.29, 0.717) is 0 Å². The van der Waals surface area contributed by atoms with Gasteiger partial charge in [-0.15, -0.1) is 0 Å². The van der Waals surface area contributed by atoms with Crippen molar-refractivity contribution in [3.05, 3.63) is 158 Å². The summed E-state index contributed by atoms with van der Waals surface area (Å²) in [6.07, 6.45) is 7.07. The predicted octanol–water partition coefficient (Wildman–Crippen LogP) is 7.47. The fourth-order valence-corrected chi connectivity index (χ4v) is 3.21. The molecule has 4 heterocycles. The molecule has 0 N–H and O–H groups in total. The molecule has 0 radical (unpaired) electrons. The zero-order chi connectivity index (χ0) is 26.7. The summed E-state index contributed by atoms with van der Waals surface area (Å²) in [6, 6.07) is 42.4. The molecule has 0 fully saturated rings. The van der Waals surface area contributed by atoms with Gasteiger partial charge in [0.15, 0.2) is 0 Å². The van der Waals surface area contributed by atoms with Crippen LogP contribution in [0.3, 0.4) is 0 Å². The molecule has 4 nitrogen and oxygen atoms in total. The molecule has 2 aromatic carbocycles. The molecule has 6 rings (SSSR count). The molecule has 0 unspecified atom stereocenters. The van der Waals surface area contributed by atoms with E-state index < -0.39 is 0 Å². The fourth-order valence-electron chi connectivity index (χ4n) is 2.90. The molecular formula is C32H26N4S2Zn. The number of hydrogen-bond donors (Lipinski definition) is 0. The van der Waals surface area contributed by atoms with Crippen molar-refractivity contribution >= 4 is 25.3 Å². The zero-order valence-electron chi connectivity index (χ0n) is 21.3. The third-order valence-corrected chi connectivity index (χ3v) is 5.22. The van der Waals surface area contributed by atoms with Gasteiger partial charge in [0.05, 0.1) is 22.8 Å². The molecule has 0 saturated heterocycles. The van der Waals surface area contributed by atoms with Crippen molar-refractivity contribution in [3.8, 4) is 22.8 Å². The normalized spacial score (nSPS) is 9.03. The molecule has 4 aromatic heterocycles. The Morgan fingerprint density at radius 2 is 0.538 bits per heavy atom. The van der Waals surface area contributed by atoms with E-state index in [0.717, 1.165) is 32.6 Å². The molecule has 188 valence electrons. The van der Waals surface area contributed by atoms with E-state index in [9.17, 15) is 0 Å². The summed E-state index contributed by atoms with van der Waals surface area (Å²) in [6.45, 7) is 0. The van der Waals surface area contributed by atoms with Crippen LogP contribution in [0, 0.1) is 0 Å². The van der Waals surface area contributed by atoms with Gasteiger partial charge in [-0.3, -0.25) is 19.9 Å². The first-order valence-electron chi connectivity index (χ1n) is 11.8. The molecule has 6 aromatic rings. The molecular weight excluding hydrogens is 570 g/mol. The zero-order valence-corrected chi connectivity index (χ0v) is 25.9. The monoisotopic (exact) mass is 594 g/mol. The van der Waals surface area contributed by atoms with Gasteiger partial charge >= 0.3 is 19.5 Å². The number of benzene rings is 2. The van der Waals surface area contributed by atoms with Crippen molar-refractivity contribution < 1.29 is 19.5 Å². The molecule has 0 aliphatic carbocycles. The van der Waals surface area contributed by atoms with Crippen molar-refractivity contribution in [2.75, 3.05) is 0 Å². The van der Waals surface area contributed by atoms with Crippen molar-refractivity contribution in [1.29, 1.82) is 0 Å². The van der Waals surface area contributed by atoms with Crippen LogP contribution in [0.15, 0.2) is 168 Å². The quantitative estimate of drug-likeness (QED) is 0.153. The Morgan fingerprint density at radius 1 is 0.308 bits per heavy atom. The summed E-state index contributed by atoms with van der Waals surface area (Å²) in [5, 5.41) is 0. The summed E-state index contributed by atoms with van der Waals surface area (Å²) in [5.74, 6) is 0. The van der Waals surface area contributed by atoms with Crippen LogP contribution in [-0.4, -0.2) is 19.9 Å². The van der Waals surface area contributed by atoms with Crippen LogP contribution in [0.25, 0.3) is 22.8 Å². The summed E-state index contributed by atoms with van der Waals surface area (Å²) < 4.78 is 0. The number of aromatic nitrogens is 4. The summed E-state index contributed by atoms with van der Waals surface area (Å²) in [7, 11) is 0. The van der Waals surface area contributed by atoms with Crippen molar-refractivity contribution in [3.63, 3.8) is 0 Å². The minimum Gasteiger partial charge on any atom is -0.780 e. The largest absolute Gasteiger partial charge is 2.00 e. The van der Waals surface area contributed by atoms with E-state index in [2.05, 4.69) is 19.9 Å². The van der Waals surface area contributed by atoms with E-state index in [1.54, 1.807) is 24.8 Å². The third kappa shape index (κ3) is 12.9. The summed E-state index contributed by atoms with van der Waals surface area (Å²) in [5.41, 5.74) is 3.66. The molecule has 39 heavy (non-hydrogen) atoms. The van der Waals surface area contributed by atoms with E-state index >= 15 is 0 Å². The Morgan fingerprint density at radius 3 is 0.692 bits per heavy atom. The van der Waals surface area contributed by atoms with Crippen LogP contribution in [0.5, 0.6) is 0 Å². The fraction of sp³-hybridized carbons (Fsp3) is 0. The SMILES string of the molecule is [S-]c1ccccc1.[S-]c1ccccc1.[Zn+2].c1ccc(-c2ccccn2)nc1.c1ccc(-c2ccccn2)nc1. The van der Waals surface area contributed by atoms with Crippen LogP contribution in [0.2, 0.25) is 0 Å². The maximum Gasteiger partial charge on any atom is 2.00 e. The number of pyridine rings is 4. The van der Waals surface area contributed by atoms with Gasteiger partial charge < -0.3 is 25.3 Å². The van der Waals surface area contributed by atoms with Gasteiger partial charge in [0.25, 0.3) is 0 Å². The van der Waals surface area contributed by atoms with Gasteiger partial charge in [-0.25, -0.2) is 0 Å². The number of hydrogen-bond acceptors (Lipinski definition) is 6. The first kappa shape index (κ1) is 31.3. The average Bonchev–Trinajstić information content (AvgIpc) is 3.01. The van der Waals surface area contributed by atoms with E-state index in [-0.39, 0.29) is 19.5 Å². The Hall–Kier alpha value is -3.90. The molecule has 0 amide bonds. The second-order valence-corrected chi connectivity index (χ2v) is 8.43. The first-order valence-corrected chi connectivity index (χ1v) is 12.6. The van der Waals surface area contributed by atoms with Gasteiger partial charge in [-0.2, -0.15) is 9.79 Å². The molecule has 0 bridgehead atoms. The first-order chi connectivity index (χ1) is 18.7. The Balaban J connectivity index is 0.000000187. The molecule has 7 heteroatoms. The predicted molar refractivity (Wildman–Crippen MR) is 159 cm³/mol. The van der Waals surface area contributed by atoms with Crippen LogP contribution in [-0.2, 0) is 44.7 Å². The molecule has 0 spiro atoms. The minimum atomic E-state index is 0. The molecule has 0 atom stereocenters. The standard InChI is InChI=1S/2C10H8N2.2C6H6S.Zn/c2*1-3-7-11-9(5-1)10-6-2-4-8-12-10;2*7-6-4-2-1-3-5-6;/h2*1-8H;2*1-5,7H;/q;;;;+2/p-2. The second kappa shape index (κ2) is 19.2. The number of rotatable bonds is 2. The van der Waals surface area contributed by atoms with Crippen LogP contribution < -0.4 is 0 Å². The molecule has 0 aliphatic heterocycles. The maximum absolute atomic E-state index is 4.81. The van der Waals surface area contributed by atoms with Crippen LogP contribution in [0.4, 0.5) is 0 Å². The Kier molecular flexibility index (Phi) is 15.4. The average molecular weight is 596 g/mol. The van der Waals surface area contributed by atoms with Gasteiger partial charge in [-0.05, 0) is 48.5 Å². The second-order valence-electron chi connectivity index (χ2n) is 7.49. The topological polar surface area (TPSA) is 51.6 Å². The summed E-state index contributed by atoms with van der Waals surface area (Å²) >= 11 is 9.62. The van der Waals surface area contributed by atoms with Gasteiger partial charge in [0.1, 0.15) is 0 Å². The van der Waals surface area contributed by atoms with Crippen LogP contribution in [0.1, 0.15) is 0 Å². The maximum atomic E-state index is 4.81. The molecule has 0 saturated carbocycles. The van der Waals surface area contributed by atoms with Gasteiger partial charge in [-0.1, -0.05) is 84.9 Å². The Bertz CT molecular complexity index is 1210. The third-order valence-electron chi connectivity index (χ3n) is 4.67.